The number of carbonyl (C=O) groups is 1. The molecule has 1 amide bonds. The average Bonchev–Trinajstić information content (AvgIpc) is 2.15. The second-order valence-electron chi connectivity index (χ2n) is 3.12. The Labute approximate surface area is 82.2 Å². The van der Waals surface area contributed by atoms with Gasteiger partial charge in [-0.2, -0.15) is 0 Å². The van der Waals surface area contributed by atoms with Crippen molar-refractivity contribution < 1.29 is 9.18 Å². The Bertz CT molecular complexity index is 396. The number of hydrogen-bond acceptors (Lipinski definition) is 1. The number of allylic oxidation sites excluding steroid dienone is 1. The second kappa shape index (κ2) is 4.05. The van der Waals surface area contributed by atoms with Gasteiger partial charge in [-0.1, -0.05) is 12.1 Å². The summed E-state index contributed by atoms with van der Waals surface area (Å²) >= 11 is 0. The third-order valence-electron chi connectivity index (χ3n) is 2.19. The number of rotatable bonds is 2. The van der Waals surface area contributed by atoms with Crippen molar-refractivity contribution in [3.63, 3.8) is 0 Å². The van der Waals surface area contributed by atoms with Crippen molar-refractivity contribution in [2.75, 3.05) is 0 Å². The van der Waals surface area contributed by atoms with Gasteiger partial charge >= 0.3 is 0 Å². The third-order valence-corrected chi connectivity index (χ3v) is 2.19. The minimum atomic E-state index is -0.480. The largest absolute Gasteiger partial charge is 0.366 e. The third kappa shape index (κ3) is 2.19. The van der Waals surface area contributed by atoms with Gasteiger partial charge < -0.3 is 5.73 Å². The highest BCUT2D eigenvalue weighted by atomic mass is 19.1. The van der Waals surface area contributed by atoms with Crippen LogP contribution in [0.2, 0.25) is 0 Å². The van der Waals surface area contributed by atoms with E-state index in [1.54, 1.807) is 26.0 Å². The fourth-order valence-electron chi connectivity index (χ4n) is 1.12. The molecule has 14 heavy (non-hydrogen) atoms. The molecule has 0 saturated carbocycles. The number of primary amides is 1. The summed E-state index contributed by atoms with van der Waals surface area (Å²) in [4.78, 5) is 10.9. The number of benzene rings is 1. The van der Waals surface area contributed by atoms with Gasteiger partial charge in [0, 0.05) is 5.57 Å². The van der Waals surface area contributed by atoms with Gasteiger partial charge in [-0.25, -0.2) is 4.39 Å². The molecule has 1 rings (SSSR count). The van der Waals surface area contributed by atoms with Gasteiger partial charge in [0.25, 0.3) is 0 Å². The highest BCUT2D eigenvalue weighted by Gasteiger charge is 2.05. The molecule has 0 aliphatic carbocycles. The smallest absolute Gasteiger partial charge is 0.244 e. The molecule has 0 saturated heterocycles. The maximum atomic E-state index is 12.9. The number of nitrogens with two attached hydrogens (primary N) is 1. The summed E-state index contributed by atoms with van der Waals surface area (Å²) in [7, 11) is 0. The molecule has 2 nitrogen and oxygen atoms in total. The maximum Gasteiger partial charge on any atom is 0.244 e. The van der Waals surface area contributed by atoms with Crippen LogP contribution in [0.1, 0.15) is 19.4 Å². The number of hydrogen-bond donors (Lipinski definition) is 1. The second-order valence-corrected chi connectivity index (χ2v) is 3.12. The van der Waals surface area contributed by atoms with Crippen LogP contribution in [0.3, 0.4) is 0 Å². The van der Waals surface area contributed by atoms with Gasteiger partial charge in [0.2, 0.25) is 5.91 Å². The van der Waals surface area contributed by atoms with Crippen LogP contribution < -0.4 is 5.73 Å². The zero-order chi connectivity index (χ0) is 10.7. The summed E-state index contributed by atoms with van der Waals surface area (Å²) in [5.41, 5.74) is 6.96. The summed E-state index contributed by atoms with van der Waals surface area (Å²) < 4.78 is 12.9. The molecule has 0 spiro atoms. The van der Waals surface area contributed by atoms with Crippen LogP contribution in [0.4, 0.5) is 4.39 Å². The monoisotopic (exact) mass is 193 g/mol. The number of carbonyl (C=O) groups excluding carboxylic acids is 1. The van der Waals surface area contributed by atoms with E-state index in [9.17, 15) is 9.18 Å². The first kappa shape index (κ1) is 10.4. The van der Waals surface area contributed by atoms with E-state index in [-0.39, 0.29) is 5.82 Å². The highest BCUT2D eigenvalue weighted by molar-refractivity contribution is 5.99. The lowest BCUT2D eigenvalue weighted by atomic mass is 10.0. The van der Waals surface area contributed by atoms with Gasteiger partial charge in [-0.05, 0) is 37.1 Å². The molecular formula is C11H12FNO. The SMILES string of the molecule is CC(C(N)=O)=C(C)c1cccc(F)c1. The van der Waals surface area contributed by atoms with E-state index in [2.05, 4.69) is 0 Å². The molecule has 1 aromatic rings. The van der Waals surface area contributed by atoms with Crippen molar-refractivity contribution in [2.45, 2.75) is 13.8 Å². The molecule has 2 N–H and O–H groups in total. The van der Waals surface area contributed by atoms with Crippen LogP contribution in [-0.4, -0.2) is 5.91 Å². The van der Waals surface area contributed by atoms with E-state index >= 15 is 0 Å². The lowest BCUT2D eigenvalue weighted by molar-refractivity contribution is -0.114. The molecule has 0 aliphatic rings. The number of halogens is 1. The molecule has 0 heterocycles. The van der Waals surface area contributed by atoms with Crippen molar-refractivity contribution >= 4 is 11.5 Å². The first-order valence-corrected chi connectivity index (χ1v) is 4.25. The normalized spacial score (nSPS) is 12.2. The lowest BCUT2D eigenvalue weighted by Gasteiger charge is -2.04. The Hall–Kier alpha value is -1.64. The predicted octanol–water partition coefficient (Wildman–Crippen LogP) is 2.10. The first-order chi connectivity index (χ1) is 6.52. The minimum absolute atomic E-state index is 0.320. The van der Waals surface area contributed by atoms with E-state index in [4.69, 9.17) is 5.73 Å². The van der Waals surface area contributed by atoms with Crippen molar-refractivity contribution in [1.29, 1.82) is 0 Å². The molecule has 0 aliphatic heterocycles. The number of amides is 1. The summed E-state index contributed by atoms with van der Waals surface area (Å²) in [5, 5.41) is 0. The minimum Gasteiger partial charge on any atom is -0.366 e. The first-order valence-electron chi connectivity index (χ1n) is 4.25. The molecule has 74 valence electrons. The Morgan fingerprint density at radius 2 is 2.00 bits per heavy atom. The van der Waals surface area contributed by atoms with Gasteiger partial charge in [-0.15, -0.1) is 0 Å². The summed E-state index contributed by atoms with van der Waals surface area (Å²) in [6.45, 7) is 3.37. The zero-order valence-corrected chi connectivity index (χ0v) is 8.17. The standard InChI is InChI=1S/C11H12FNO/c1-7(8(2)11(13)14)9-4-3-5-10(12)6-9/h3-6H,1-2H3,(H2,13,14). The van der Waals surface area contributed by atoms with E-state index in [0.717, 1.165) is 0 Å². The topological polar surface area (TPSA) is 43.1 Å². The van der Waals surface area contributed by atoms with Crippen molar-refractivity contribution in [3.05, 3.63) is 41.2 Å². The van der Waals surface area contributed by atoms with Gasteiger partial charge in [0.05, 0.1) is 0 Å². The molecule has 0 aromatic heterocycles. The summed E-state index contributed by atoms with van der Waals surface area (Å²) in [6.07, 6.45) is 0. The van der Waals surface area contributed by atoms with Gasteiger partial charge in [-0.3, -0.25) is 4.79 Å². The molecule has 3 heteroatoms. The maximum absolute atomic E-state index is 12.9. The Morgan fingerprint density at radius 3 is 2.50 bits per heavy atom. The summed E-state index contributed by atoms with van der Waals surface area (Å²) in [5.74, 6) is -0.800. The Morgan fingerprint density at radius 1 is 1.36 bits per heavy atom. The molecule has 1 aromatic carbocycles. The Balaban J connectivity index is 3.18. The molecule has 0 radical (unpaired) electrons. The van der Waals surface area contributed by atoms with Crippen LogP contribution in [-0.2, 0) is 4.79 Å². The van der Waals surface area contributed by atoms with Crippen molar-refractivity contribution in [3.8, 4) is 0 Å². The van der Waals surface area contributed by atoms with Crippen LogP contribution in [0.5, 0.6) is 0 Å². The van der Waals surface area contributed by atoms with E-state index < -0.39 is 5.91 Å². The molecule has 0 unspecified atom stereocenters. The van der Waals surface area contributed by atoms with Crippen LogP contribution in [0, 0.1) is 5.82 Å². The van der Waals surface area contributed by atoms with Crippen molar-refractivity contribution in [2.24, 2.45) is 5.73 Å². The molecule has 0 atom stereocenters. The van der Waals surface area contributed by atoms with Gasteiger partial charge in [0.15, 0.2) is 0 Å². The van der Waals surface area contributed by atoms with Crippen LogP contribution in [0.15, 0.2) is 29.8 Å². The molecule has 0 bridgehead atoms. The fraction of sp³-hybridized carbons (Fsp3) is 0.182. The zero-order valence-electron chi connectivity index (χ0n) is 8.17. The lowest BCUT2D eigenvalue weighted by Crippen LogP contribution is -2.12. The quantitative estimate of drug-likeness (QED) is 0.718. The molecule has 0 fully saturated rings. The fourth-order valence-corrected chi connectivity index (χ4v) is 1.12. The van der Waals surface area contributed by atoms with E-state index in [1.165, 1.54) is 12.1 Å². The average molecular weight is 193 g/mol. The van der Waals surface area contributed by atoms with Crippen LogP contribution >= 0.6 is 0 Å². The van der Waals surface area contributed by atoms with Crippen molar-refractivity contribution in [1.82, 2.24) is 0 Å². The molecular weight excluding hydrogens is 181 g/mol. The summed E-state index contributed by atoms with van der Waals surface area (Å²) in [6, 6.07) is 6.07. The van der Waals surface area contributed by atoms with Crippen LogP contribution in [0.25, 0.3) is 5.57 Å². The van der Waals surface area contributed by atoms with Gasteiger partial charge in [0.1, 0.15) is 5.82 Å². The van der Waals surface area contributed by atoms with E-state index in [1.807, 2.05) is 0 Å². The predicted molar refractivity (Wildman–Crippen MR) is 53.9 cm³/mol. The van der Waals surface area contributed by atoms with E-state index in [0.29, 0.717) is 16.7 Å². The Kier molecular flexibility index (Phi) is 3.02. The highest BCUT2D eigenvalue weighted by Crippen LogP contribution is 2.18.